The minimum atomic E-state index is -2.06. The zero-order chi connectivity index (χ0) is 49.7. The molecule has 23 nitrogen and oxygen atoms in total. The molecule has 16 unspecified atom stereocenters. The van der Waals surface area contributed by atoms with Crippen LogP contribution < -0.4 is 14.9 Å². The van der Waals surface area contributed by atoms with Gasteiger partial charge in [-0.1, -0.05) is 13.8 Å². The summed E-state index contributed by atoms with van der Waals surface area (Å²) in [4.78, 5) is 37.1. The third-order valence-corrected chi connectivity index (χ3v) is 12.4. The molecule has 3 fully saturated rings. The summed E-state index contributed by atoms with van der Waals surface area (Å²) in [5, 5.41) is 108. The summed E-state index contributed by atoms with van der Waals surface area (Å²) in [6, 6.07) is 7.06. The highest BCUT2D eigenvalue weighted by Crippen LogP contribution is 2.49. The molecule has 7 rings (SSSR count). The van der Waals surface area contributed by atoms with E-state index in [0.717, 1.165) is 24.6 Å². The average molecular weight is 965 g/mol. The van der Waals surface area contributed by atoms with Crippen molar-refractivity contribution in [1.29, 1.82) is 0 Å². The van der Waals surface area contributed by atoms with Gasteiger partial charge in [0, 0.05) is 37.1 Å². The van der Waals surface area contributed by atoms with E-state index in [0.29, 0.717) is 23.3 Å². The lowest BCUT2D eigenvalue weighted by Crippen LogP contribution is -2.67. The van der Waals surface area contributed by atoms with E-state index in [2.05, 4.69) is 0 Å². The van der Waals surface area contributed by atoms with Gasteiger partial charge in [0.1, 0.15) is 96.2 Å². The second-order valence-electron chi connectivity index (χ2n) is 17.7. The van der Waals surface area contributed by atoms with Gasteiger partial charge in [-0.05, 0) is 48.6 Å². The second-order valence-corrected chi connectivity index (χ2v) is 17.7. The smallest absolute Gasteiger partial charge is 0.303 e. The molecule has 23 heteroatoms. The molecule has 3 aromatic rings. The normalized spacial score (nSPS) is 34.8. The molecule has 0 saturated carbocycles. The SMILES string of the molecule is COc1ccc(-c2cc(=O)c3c(O)c(O)c(OC4OC(CO)C(O)C(OC5OC(COC(C)=O)C(O)C(O)C5O)C4OC4OC(C)C(O)C(O)C4O)cc3o2)cc1C1=CC(OC(C)=O)CC1(C)C. The lowest BCUT2D eigenvalue weighted by molar-refractivity contribution is -0.383. The molecular formula is C45H56O23. The van der Waals surface area contributed by atoms with Crippen LogP contribution in [0.3, 0.4) is 0 Å². The van der Waals surface area contributed by atoms with Gasteiger partial charge < -0.3 is 98.1 Å². The van der Waals surface area contributed by atoms with Gasteiger partial charge in [0.2, 0.25) is 12.0 Å². The molecule has 4 aliphatic rings. The second kappa shape index (κ2) is 20.2. The number of ether oxygens (including phenoxy) is 9. The first-order valence-corrected chi connectivity index (χ1v) is 21.6. The van der Waals surface area contributed by atoms with Gasteiger partial charge in [-0.25, -0.2) is 0 Å². The topological polar surface area (TPSA) is 350 Å². The third-order valence-electron chi connectivity index (χ3n) is 12.4. The predicted molar refractivity (Wildman–Crippen MR) is 228 cm³/mol. The van der Waals surface area contributed by atoms with Crippen molar-refractivity contribution in [2.24, 2.45) is 5.41 Å². The highest BCUT2D eigenvalue weighted by atomic mass is 16.8. The Hall–Kier alpha value is -4.99. The summed E-state index contributed by atoms with van der Waals surface area (Å²) >= 11 is 0. The van der Waals surface area contributed by atoms with E-state index in [1.807, 2.05) is 19.9 Å². The number of methoxy groups -OCH3 is 1. The third kappa shape index (κ3) is 10.0. The Morgan fingerprint density at radius 1 is 0.750 bits per heavy atom. The van der Waals surface area contributed by atoms with Crippen molar-refractivity contribution in [1.82, 2.24) is 0 Å². The largest absolute Gasteiger partial charge is 0.504 e. The Morgan fingerprint density at radius 3 is 2.04 bits per heavy atom. The number of aliphatic hydroxyl groups excluding tert-OH is 8. The minimum absolute atomic E-state index is 0.0221. The maximum Gasteiger partial charge on any atom is 0.303 e. The molecule has 1 aliphatic carbocycles. The molecule has 2 aromatic carbocycles. The molecule has 0 radical (unpaired) electrons. The number of hydrogen-bond acceptors (Lipinski definition) is 23. The predicted octanol–water partition coefficient (Wildman–Crippen LogP) is -0.950. The molecular weight excluding hydrogens is 908 g/mol. The lowest BCUT2D eigenvalue weighted by atomic mass is 9.81. The summed E-state index contributed by atoms with van der Waals surface area (Å²) in [5.41, 5.74) is 0.108. The molecule has 1 aromatic heterocycles. The van der Waals surface area contributed by atoms with Crippen molar-refractivity contribution in [3.63, 3.8) is 0 Å². The molecule has 0 amide bonds. The van der Waals surface area contributed by atoms with Crippen LogP contribution in [0.5, 0.6) is 23.0 Å². The number of aromatic hydroxyl groups is 2. The Bertz CT molecular complexity index is 2420. The fourth-order valence-electron chi connectivity index (χ4n) is 8.76. The van der Waals surface area contributed by atoms with E-state index >= 15 is 0 Å². The van der Waals surface area contributed by atoms with Crippen LogP contribution in [0.25, 0.3) is 27.9 Å². The summed E-state index contributed by atoms with van der Waals surface area (Å²) in [7, 11) is 1.48. The van der Waals surface area contributed by atoms with Crippen LogP contribution in [-0.2, 0) is 42.7 Å². The molecule has 3 aliphatic heterocycles. The standard InChI is InChI=1S/C45H56O23/c1-16-31(50)36(55)38(57)42(61-16)68-41-40(67-43-39(58)37(56)33(52)29(66-43)15-60-17(2)47)34(53)28(14-46)65-44(41)64-27-12-26-30(35(54)32(27)51)23(49)11-25(63-26)19-7-8-24(59-6)21(9-19)22-10-20(62-18(3)48)13-45(22,4)5/h7-12,16,20,28-29,31,33-34,36-44,46,50-58H,13-15H2,1-6H3. The molecule has 0 bridgehead atoms. The molecule has 374 valence electrons. The molecule has 10 N–H and O–H groups in total. The summed E-state index contributed by atoms with van der Waals surface area (Å²) in [6.45, 7) is 6.07. The zero-order valence-electron chi connectivity index (χ0n) is 37.6. The molecule has 68 heavy (non-hydrogen) atoms. The Morgan fingerprint density at radius 2 is 1.40 bits per heavy atom. The summed E-state index contributed by atoms with van der Waals surface area (Å²) in [6.07, 6.45) is -25.6. The van der Waals surface area contributed by atoms with Crippen molar-refractivity contribution >= 4 is 28.5 Å². The van der Waals surface area contributed by atoms with Gasteiger partial charge in [-0.3, -0.25) is 14.4 Å². The van der Waals surface area contributed by atoms with E-state index < -0.39 is 157 Å². The average Bonchev–Trinajstić information content (AvgIpc) is 3.59. The van der Waals surface area contributed by atoms with Crippen molar-refractivity contribution < 1.29 is 108 Å². The van der Waals surface area contributed by atoms with E-state index in [9.17, 15) is 65.4 Å². The number of carbonyl (C=O) groups is 2. The van der Waals surface area contributed by atoms with Crippen molar-refractivity contribution in [3.05, 3.63) is 52.2 Å². The molecule has 0 spiro atoms. The fourth-order valence-corrected chi connectivity index (χ4v) is 8.76. The van der Waals surface area contributed by atoms with E-state index in [4.69, 9.17) is 47.0 Å². The van der Waals surface area contributed by atoms with Crippen LogP contribution >= 0.6 is 0 Å². The van der Waals surface area contributed by atoms with Gasteiger partial charge in [0.25, 0.3) is 0 Å². The van der Waals surface area contributed by atoms with Gasteiger partial charge in [-0.15, -0.1) is 0 Å². The van der Waals surface area contributed by atoms with Gasteiger partial charge in [0.05, 0.1) is 19.8 Å². The molecule has 3 saturated heterocycles. The Kier molecular flexibility index (Phi) is 15.1. The highest BCUT2D eigenvalue weighted by Gasteiger charge is 2.55. The van der Waals surface area contributed by atoms with Crippen molar-refractivity contribution in [2.45, 2.75) is 139 Å². The van der Waals surface area contributed by atoms with Crippen molar-refractivity contribution in [2.75, 3.05) is 20.3 Å². The zero-order valence-corrected chi connectivity index (χ0v) is 37.6. The number of aliphatic hydroxyl groups is 8. The van der Waals surface area contributed by atoms with Gasteiger partial charge >= 0.3 is 11.9 Å². The van der Waals surface area contributed by atoms with E-state index in [1.54, 1.807) is 18.2 Å². The monoisotopic (exact) mass is 964 g/mol. The highest BCUT2D eigenvalue weighted by molar-refractivity contribution is 5.90. The van der Waals surface area contributed by atoms with Crippen LogP contribution in [0.4, 0.5) is 0 Å². The van der Waals surface area contributed by atoms with Crippen LogP contribution in [0, 0.1) is 5.41 Å². The van der Waals surface area contributed by atoms with Gasteiger partial charge in [-0.2, -0.15) is 0 Å². The Balaban J connectivity index is 1.28. The first-order valence-electron chi connectivity index (χ1n) is 21.6. The lowest BCUT2D eigenvalue weighted by Gasteiger charge is -2.48. The van der Waals surface area contributed by atoms with Gasteiger partial charge in [0.15, 0.2) is 35.6 Å². The summed E-state index contributed by atoms with van der Waals surface area (Å²) in [5.74, 6) is -3.50. The maximum absolute atomic E-state index is 13.7. The number of rotatable bonds is 13. The van der Waals surface area contributed by atoms with E-state index in [1.165, 1.54) is 21.0 Å². The maximum atomic E-state index is 13.7. The Labute approximate surface area is 387 Å². The number of esters is 2. The summed E-state index contributed by atoms with van der Waals surface area (Å²) < 4.78 is 57.6. The fraction of sp³-hybridized carbons (Fsp3) is 0.578. The number of fused-ring (bicyclic) bond motifs is 1. The van der Waals surface area contributed by atoms with Crippen LogP contribution in [-0.4, -0.2) is 182 Å². The number of benzene rings is 2. The molecule has 4 heterocycles. The van der Waals surface area contributed by atoms with Crippen LogP contribution in [0.1, 0.15) is 46.6 Å². The number of allylic oxidation sites excluding steroid dienone is 1. The van der Waals surface area contributed by atoms with Crippen LogP contribution in [0.2, 0.25) is 0 Å². The van der Waals surface area contributed by atoms with E-state index in [-0.39, 0.29) is 11.3 Å². The number of phenolic OH excluding ortho intramolecular Hbond substituents is 2. The van der Waals surface area contributed by atoms with Crippen molar-refractivity contribution in [3.8, 4) is 34.3 Å². The van der Waals surface area contributed by atoms with Crippen LogP contribution in [0.15, 0.2) is 45.6 Å². The first-order chi connectivity index (χ1) is 32.0. The minimum Gasteiger partial charge on any atom is -0.504 e. The first kappa shape index (κ1) is 50.9. The number of phenols is 2. The number of carbonyl (C=O) groups excluding carboxylic acids is 2. The quantitative estimate of drug-likeness (QED) is 0.0729. The molecule has 16 atom stereocenters. The number of hydrogen-bond donors (Lipinski definition) is 10.